The van der Waals surface area contributed by atoms with Crippen molar-refractivity contribution in [3.8, 4) is 0 Å². The summed E-state index contributed by atoms with van der Waals surface area (Å²) in [5.41, 5.74) is 1.01. The highest BCUT2D eigenvalue weighted by Crippen LogP contribution is 2.16. The number of hydrogen-bond acceptors (Lipinski definition) is 5. The van der Waals surface area contributed by atoms with Crippen LogP contribution in [-0.4, -0.2) is 40.8 Å². The van der Waals surface area contributed by atoms with Gasteiger partial charge in [-0.05, 0) is 13.3 Å². The van der Waals surface area contributed by atoms with E-state index < -0.39 is 5.97 Å². The number of carbonyl (C=O) groups excluding carboxylic acids is 1. The number of aromatic nitrogens is 3. The van der Waals surface area contributed by atoms with E-state index in [1.807, 2.05) is 6.92 Å². The number of nitrogens with zero attached hydrogens (tertiary/aromatic N) is 3. The quantitative estimate of drug-likeness (QED) is 0.576. The summed E-state index contributed by atoms with van der Waals surface area (Å²) in [5.74, 6) is -0.0104. The highest BCUT2D eigenvalue weighted by Gasteiger charge is 2.21. The van der Waals surface area contributed by atoms with Gasteiger partial charge in [0.2, 0.25) is 0 Å². The van der Waals surface area contributed by atoms with E-state index in [1.54, 1.807) is 4.68 Å². The SMILES string of the molecule is C=CCOC(=O)c1nnn(CC2CCOC2)c1C. The third-order valence-corrected chi connectivity index (χ3v) is 2.96. The zero-order valence-corrected chi connectivity index (χ0v) is 10.5. The molecule has 0 aromatic carbocycles. The predicted octanol–water partition coefficient (Wildman–Crippen LogP) is 0.966. The molecule has 0 radical (unpaired) electrons. The van der Waals surface area contributed by atoms with Crippen molar-refractivity contribution in [1.29, 1.82) is 0 Å². The topological polar surface area (TPSA) is 66.2 Å². The zero-order chi connectivity index (χ0) is 13.0. The maximum atomic E-state index is 11.7. The number of rotatable bonds is 5. The third kappa shape index (κ3) is 2.76. The fourth-order valence-corrected chi connectivity index (χ4v) is 1.90. The molecule has 2 rings (SSSR count). The molecule has 1 atom stereocenters. The largest absolute Gasteiger partial charge is 0.457 e. The summed E-state index contributed by atoms with van der Waals surface area (Å²) in [5, 5.41) is 7.87. The van der Waals surface area contributed by atoms with E-state index in [0.29, 0.717) is 5.92 Å². The molecular weight excluding hydrogens is 234 g/mol. The van der Waals surface area contributed by atoms with Crippen LogP contribution in [0.1, 0.15) is 22.6 Å². The Morgan fingerprint density at radius 3 is 3.22 bits per heavy atom. The van der Waals surface area contributed by atoms with Crippen molar-refractivity contribution in [2.75, 3.05) is 19.8 Å². The standard InChI is InChI=1S/C12H17N3O3/c1-3-5-18-12(16)11-9(2)15(14-13-11)7-10-4-6-17-8-10/h3,10H,1,4-8H2,2H3. The number of carbonyl (C=O) groups is 1. The van der Waals surface area contributed by atoms with Crippen molar-refractivity contribution in [3.05, 3.63) is 24.0 Å². The summed E-state index contributed by atoms with van der Waals surface area (Å²) in [6.07, 6.45) is 2.54. The highest BCUT2D eigenvalue weighted by molar-refractivity contribution is 5.88. The van der Waals surface area contributed by atoms with Gasteiger partial charge in [-0.1, -0.05) is 17.9 Å². The molecule has 6 nitrogen and oxygen atoms in total. The minimum Gasteiger partial charge on any atom is -0.457 e. The average molecular weight is 251 g/mol. The van der Waals surface area contributed by atoms with Crippen LogP contribution in [0.15, 0.2) is 12.7 Å². The van der Waals surface area contributed by atoms with Gasteiger partial charge in [-0.15, -0.1) is 5.10 Å². The van der Waals surface area contributed by atoms with Gasteiger partial charge in [-0.25, -0.2) is 9.48 Å². The minimum absolute atomic E-state index is 0.182. The Bertz CT molecular complexity index is 436. The molecule has 1 fully saturated rings. The second kappa shape index (κ2) is 5.77. The molecule has 1 aromatic heterocycles. The molecule has 1 unspecified atom stereocenters. The lowest BCUT2D eigenvalue weighted by Gasteiger charge is -2.08. The van der Waals surface area contributed by atoms with E-state index in [2.05, 4.69) is 16.9 Å². The van der Waals surface area contributed by atoms with Crippen LogP contribution < -0.4 is 0 Å². The first-order valence-electron chi connectivity index (χ1n) is 5.98. The van der Waals surface area contributed by atoms with Gasteiger partial charge in [0.25, 0.3) is 0 Å². The van der Waals surface area contributed by atoms with Gasteiger partial charge in [-0.2, -0.15) is 0 Å². The van der Waals surface area contributed by atoms with Crippen LogP contribution in [0.3, 0.4) is 0 Å². The molecule has 0 aliphatic carbocycles. The lowest BCUT2D eigenvalue weighted by molar-refractivity contribution is 0.0542. The van der Waals surface area contributed by atoms with E-state index in [4.69, 9.17) is 9.47 Å². The summed E-state index contributed by atoms with van der Waals surface area (Å²) in [7, 11) is 0. The summed E-state index contributed by atoms with van der Waals surface area (Å²) >= 11 is 0. The molecule has 0 spiro atoms. The number of esters is 1. The molecule has 0 N–H and O–H groups in total. The fourth-order valence-electron chi connectivity index (χ4n) is 1.90. The molecule has 1 aliphatic rings. The first-order chi connectivity index (χ1) is 8.72. The monoisotopic (exact) mass is 251 g/mol. The molecule has 0 amide bonds. The molecular formula is C12H17N3O3. The normalized spacial score (nSPS) is 18.8. The van der Waals surface area contributed by atoms with Crippen LogP contribution in [0.5, 0.6) is 0 Å². The van der Waals surface area contributed by atoms with Crippen LogP contribution in [0.2, 0.25) is 0 Å². The molecule has 6 heteroatoms. The van der Waals surface area contributed by atoms with Crippen molar-refractivity contribution >= 4 is 5.97 Å². The summed E-state index contributed by atoms with van der Waals surface area (Å²) in [6, 6.07) is 0. The maximum Gasteiger partial charge on any atom is 0.361 e. The smallest absolute Gasteiger partial charge is 0.361 e. The lowest BCUT2D eigenvalue weighted by Crippen LogP contribution is -2.14. The Balaban J connectivity index is 2.02. The first-order valence-corrected chi connectivity index (χ1v) is 5.98. The molecule has 1 aliphatic heterocycles. The third-order valence-electron chi connectivity index (χ3n) is 2.96. The van der Waals surface area contributed by atoms with E-state index in [-0.39, 0.29) is 12.3 Å². The maximum absolute atomic E-state index is 11.7. The Morgan fingerprint density at radius 1 is 1.72 bits per heavy atom. The summed E-state index contributed by atoms with van der Waals surface area (Å²) < 4.78 is 12.0. The van der Waals surface area contributed by atoms with Crippen LogP contribution in [0.4, 0.5) is 0 Å². The van der Waals surface area contributed by atoms with Crippen LogP contribution >= 0.6 is 0 Å². The van der Waals surface area contributed by atoms with E-state index in [1.165, 1.54) is 6.08 Å². The van der Waals surface area contributed by atoms with E-state index >= 15 is 0 Å². The van der Waals surface area contributed by atoms with Gasteiger partial charge in [0.05, 0.1) is 12.3 Å². The summed E-state index contributed by atoms with van der Waals surface area (Å²) in [6.45, 7) is 7.77. The number of ether oxygens (including phenoxy) is 2. The van der Waals surface area contributed by atoms with Gasteiger partial charge in [0, 0.05) is 19.1 Å². The molecule has 0 bridgehead atoms. The Morgan fingerprint density at radius 2 is 2.56 bits per heavy atom. The first kappa shape index (κ1) is 12.8. The van der Waals surface area contributed by atoms with Gasteiger partial charge < -0.3 is 9.47 Å². The summed E-state index contributed by atoms with van der Waals surface area (Å²) in [4.78, 5) is 11.7. The van der Waals surface area contributed by atoms with E-state index in [0.717, 1.165) is 31.9 Å². The van der Waals surface area contributed by atoms with Gasteiger partial charge in [-0.3, -0.25) is 0 Å². The van der Waals surface area contributed by atoms with Crippen LogP contribution in [-0.2, 0) is 16.0 Å². The van der Waals surface area contributed by atoms with Crippen molar-refractivity contribution in [3.63, 3.8) is 0 Å². The molecule has 1 saturated heterocycles. The van der Waals surface area contributed by atoms with Crippen LogP contribution in [0, 0.1) is 12.8 Å². The molecule has 1 aromatic rings. The van der Waals surface area contributed by atoms with Crippen LogP contribution in [0.25, 0.3) is 0 Å². The predicted molar refractivity (Wildman–Crippen MR) is 64.2 cm³/mol. The van der Waals surface area contributed by atoms with Gasteiger partial charge in [0.15, 0.2) is 5.69 Å². The molecule has 18 heavy (non-hydrogen) atoms. The second-order valence-corrected chi connectivity index (χ2v) is 4.32. The molecule has 0 saturated carbocycles. The zero-order valence-electron chi connectivity index (χ0n) is 10.5. The number of hydrogen-bond donors (Lipinski definition) is 0. The van der Waals surface area contributed by atoms with Crippen molar-refractivity contribution in [1.82, 2.24) is 15.0 Å². The van der Waals surface area contributed by atoms with Gasteiger partial charge in [0.1, 0.15) is 6.61 Å². The van der Waals surface area contributed by atoms with Gasteiger partial charge >= 0.3 is 5.97 Å². The van der Waals surface area contributed by atoms with E-state index in [9.17, 15) is 4.79 Å². The Kier molecular flexibility index (Phi) is 4.09. The van der Waals surface area contributed by atoms with Crippen molar-refractivity contribution in [2.24, 2.45) is 5.92 Å². The fraction of sp³-hybridized carbons (Fsp3) is 0.583. The molecule has 98 valence electrons. The Labute approximate surface area is 106 Å². The highest BCUT2D eigenvalue weighted by atomic mass is 16.5. The minimum atomic E-state index is -0.457. The molecule has 2 heterocycles. The Hall–Kier alpha value is -1.69. The average Bonchev–Trinajstić information content (AvgIpc) is 2.98. The second-order valence-electron chi connectivity index (χ2n) is 4.32. The lowest BCUT2D eigenvalue weighted by atomic mass is 10.1. The van der Waals surface area contributed by atoms with Crippen molar-refractivity contribution in [2.45, 2.75) is 19.9 Å². The van der Waals surface area contributed by atoms with Crippen molar-refractivity contribution < 1.29 is 14.3 Å².